The fourth-order valence-electron chi connectivity index (χ4n) is 3.20. The predicted molar refractivity (Wildman–Crippen MR) is 87.1 cm³/mol. The van der Waals surface area contributed by atoms with E-state index in [1.165, 1.54) is 4.31 Å². The molecule has 1 aromatic heterocycles. The Kier molecular flexibility index (Phi) is 3.99. The number of aromatic nitrogens is 2. The van der Waals surface area contributed by atoms with E-state index in [9.17, 15) is 13.2 Å². The molecule has 2 aromatic rings. The Morgan fingerprint density at radius 1 is 1.17 bits per heavy atom. The molecule has 1 atom stereocenters. The lowest BCUT2D eigenvalue weighted by atomic mass is 10.2. The number of benzene rings is 1. The Bertz CT molecular complexity index is 874. The molecule has 0 amide bonds. The summed E-state index contributed by atoms with van der Waals surface area (Å²) in [5, 5.41) is 0. The van der Waals surface area contributed by atoms with Crippen molar-refractivity contribution in [1.82, 2.24) is 18.0 Å². The Morgan fingerprint density at radius 3 is 2.67 bits per heavy atom. The molecule has 0 N–H and O–H groups in total. The van der Waals surface area contributed by atoms with Gasteiger partial charge in [0.1, 0.15) is 22.0 Å². The van der Waals surface area contributed by atoms with Gasteiger partial charge in [0, 0.05) is 32.6 Å². The molecule has 2 fully saturated rings. The fraction of sp³-hybridized carbons (Fsp3) is 0.500. The van der Waals surface area contributed by atoms with Crippen LogP contribution in [0.25, 0.3) is 11.0 Å². The van der Waals surface area contributed by atoms with Crippen molar-refractivity contribution in [2.24, 2.45) is 0 Å². The zero-order valence-corrected chi connectivity index (χ0v) is 14.4. The molecular weight excluding hydrogens is 352 g/mol. The number of rotatable bonds is 3. The maximum atomic E-state index is 12.9. The van der Waals surface area contributed by atoms with Gasteiger partial charge in [-0.1, -0.05) is 6.07 Å². The molecular formula is C14H16N4O4S2. The summed E-state index contributed by atoms with van der Waals surface area (Å²) in [6.07, 6.45) is 0.676. The van der Waals surface area contributed by atoms with Crippen LogP contribution >= 0.6 is 11.7 Å². The number of fused-ring (bicyclic) bond motifs is 1. The highest BCUT2D eigenvalue weighted by atomic mass is 32.2. The second-order valence-electron chi connectivity index (χ2n) is 5.80. The van der Waals surface area contributed by atoms with Crippen LogP contribution in [0.2, 0.25) is 0 Å². The van der Waals surface area contributed by atoms with Crippen molar-refractivity contribution < 1.29 is 17.9 Å². The standard InChI is InChI=1S/C14H16N4O4S2/c19-14-11(4-9-22-14)17-5-7-18(8-6-17)24(20,21)12-3-1-2-10-13(12)16-23-15-10/h1-3,11H,4-9H2. The number of nitrogens with zero attached hydrogens (tertiary/aromatic N) is 4. The highest BCUT2D eigenvalue weighted by Gasteiger charge is 2.37. The summed E-state index contributed by atoms with van der Waals surface area (Å²) >= 11 is 1.00. The second kappa shape index (κ2) is 6.03. The highest BCUT2D eigenvalue weighted by Crippen LogP contribution is 2.26. The van der Waals surface area contributed by atoms with Crippen LogP contribution in [0.4, 0.5) is 0 Å². The number of esters is 1. The number of hydrogen-bond donors (Lipinski definition) is 0. The van der Waals surface area contributed by atoms with Crippen LogP contribution in [0.5, 0.6) is 0 Å². The fourth-order valence-corrected chi connectivity index (χ4v) is 5.38. The zero-order chi connectivity index (χ0) is 16.7. The molecule has 0 spiro atoms. The molecule has 10 heteroatoms. The number of cyclic esters (lactones) is 1. The first-order valence-corrected chi connectivity index (χ1v) is 9.86. The Labute approximate surface area is 143 Å². The van der Waals surface area contributed by atoms with Gasteiger partial charge in [0.2, 0.25) is 10.0 Å². The molecule has 2 saturated heterocycles. The lowest BCUT2D eigenvalue weighted by molar-refractivity contribution is -0.142. The summed E-state index contributed by atoms with van der Waals surface area (Å²) in [4.78, 5) is 13.9. The van der Waals surface area contributed by atoms with Crippen molar-refractivity contribution in [2.45, 2.75) is 17.4 Å². The summed E-state index contributed by atoms with van der Waals surface area (Å²) in [6, 6.07) is 4.77. The first-order valence-electron chi connectivity index (χ1n) is 7.69. The van der Waals surface area contributed by atoms with E-state index >= 15 is 0 Å². The number of piperazine rings is 1. The van der Waals surface area contributed by atoms with Gasteiger partial charge in [0.15, 0.2) is 0 Å². The van der Waals surface area contributed by atoms with Crippen LogP contribution in [0.1, 0.15) is 6.42 Å². The number of ether oxygens (including phenoxy) is 1. The van der Waals surface area contributed by atoms with E-state index in [0.29, 0.717) is 50.2 Å². The van der Waals surface area contributed by atoms with Crippen LogP contribution in [0.15, 0.2) is 23.1 Å². The molecule has 1 unspecified atom stereocenters. The van der Waals surface area contributed by atoms with Crippen molar-refractivity contribution in [3.8, 4) is 0 Å². The van der Waals surface area contributed by atoms with Gasteiger partial charge in [0.05, 0.1) is 18.3 Å². The largest absolute Gasteiger partial charge is 0.464 e. The molecule has 3 heterocycles. The van der Waals surface area contributed by atoms with Crippen LogP contribution < -0.4 is 0 Å². The average Bonchev–Trinajstić information content (AvgIpc) is 3.23. The maximum absolute atomic E-state index is 12.9. The second-order valence-corrected chi connectivity index (χ2v) is 8.23. The van der Waals surface area contributed by atoms with Crippen molar-refractivity contribution in [1.29, 1.82) is 0 Å². The van der Waals surface area contributed by atoms with Gasteiger partial charge in [-0.15, -0.1) is 0 Å². The predicted octanol–water partition coefficient (Wildman–Crippen LogP) is 0.313. The third-order valence-corrected chi connectivity index (χ3v) is 6.96. The summed E-state index contributed by atoms with van der Waals surface area (Å²) in [7, 11) is -3.62. The molecule has 8 nitrogen and oxygen atoms in total. The SMILES string of the molecule is O=C1OCCC1N1CCN(S(=O)(=O)c2cccc3nsnc23)CC1. The third kappa shape index (κ3) is 2.59. The van der Waals surface area contributed by atoms with Gasteiger partial charge in [0.25, 0.3) is 0 Å². The Hall–Kier alpha value is -1.62. The van der Waals surface area contributed by atoms with Crippen molar-refractivity contribution >= 4 is 38.8 Å². The lowest BCUT2D eigenvalue weighted by Crippen LogP contribution is -2.52. The summed E-state index contributed by atoms with van der Waals surface area (Å²) < 4.78 is 40.6. The van der Waals surface area contributed by atoms with Gasteiger partial charge in [-0.05, 0) is 12.1 Å². The van der Waals surface area contributed by atoms with E-state index in [-0.39, 0.29) is 16.9 Å². The topological polar surface area (TPSA) is 92.7 Å². The van der Waals surface area contributed by atoms with Crippen molar-refractivity contribution in [2.75, 3.05) is 32.8 Å². The highest BCUT2D eigenvalue weighted by molar-refractivity contribution is 7.89. The van der Waals surface area contributed by atoms with E-state index in [1.807, 2.05) is 4.90 Å². The molecule has 0 bridgehead atoms. The van der Waals surface area contributed by atoms with E-state index in [4.69, 9.17) is 4.74 Å². The minimum absolute atomic E-state index is 0.197. The third-order valence-electron chi connectivity index (χ3n) is 4.49. The Morgan fingerprint density at radius 2 is 1.96 bits per heavy atom. The minimum atomic E-state index is -3.62. The molecule has 0 radical (unpaired) electrons. The summed E-state index contributed by atoms with van der Waals surface area (Å²) in [6.45, 7) is 2.18. The number of carbonyl (C=O) groups is 1. The van der Waals surface area contributed by atoms with Gasteiger partial charge >= 0.3 is 5.97 Å². The smallest absolute Gasteiger partial charge is 0.323 e. The van der Waals surface area contributed by atoms with Crippen LogP contribution in [0, 0.1) is 0 Å². The molecule has 2 aliphatic rings. The van der Waals surface area contributed by atoms with Gasteiger partial charge < -0.3 is 4.74 Å². The maximum Gasteiger partial charge on any atom is 0.323 e. The van der Waals surface area contributed by atoms with E-state index < -0.39 is 10.0 Å². The molecule has 24 heavy (non-hydrogen) atoms. The van der Waals surface area contributed by atoms with Crippen LogP contribution in [-0.4, -0.2) is 71.2 Å². The van der Waals surface area contributed by atoms with Gasteiger partial charge in [-0.3, -0.25) is 9.69 Å². The van der Waals surface area contributed by atoms with Crippen molar-refractivity contribution in [3.63, 3.8) is 0 Å². The van der Waals surface area contributed by atoms with Gasteiger partial charge in [-0.25, -0.2) is 8.42 Å². The van der Waals surface area contributed by atoms with Gasteiger partial charge in [-0.2, -0.15) is 13.1 Å². The van der Waals surface area contributed by atoms with Crippen LogP contribution in [0.3, 0.4) is 0 Å². The molecule has 0 aliphatic carbocycles. The van der Waals surface area contributed by atoms with Crippen molar-refractivity contribution in [3.05, 3.63) is 18.2 Å². The van der Waals surface area contributed by atoms with Crippen LogP contribution in [-0.2, 0) is 19.6 Å². The zero-order valence-electron chi connectivity index (χ0n) is 12.8. The van der Waals surface area contributed by atoms with E-state index in [2.05, 4.69) is 8.75 Å². The van der Waals surface area contributed by atoms with E-state index in [1.54, 1.807) is 18.2 Å². The number of sulfonamides is 1. The monoisotopic (exact) mass is 368 g/mol. The Balaban J connectivity index is 1.54. The van der Waals surface area contributed by atoms with E-state index in [0.717, 1.165) is 11.7 Å². The average molecular weight is 368 g/mol. The molecule has 128 valence electrons. The molecule has 2 aliphatic heterocycles. The minimum Gasteiger partial charge on any atom is -0.464 e. The first kappa shape index (κ1) is 15.9. The summed E-state index contributed by atoms with van der Waals surface area (Å²) in [5.41, 5.74) is 1.01. The quantitative estimate of drug-likeness (QED) is 0.720. The number of carbonyl (C=O) groups excluding carboxylic acids is 1. The number of hydrogen-bond acceptors (Lipinski definition) is 8. The molecule has 4 rings (SSSR count). The molecule has 1 aromatic carbocycles. The first-order chi connectivity index (χ1) is 11.6. The summed E-state index contributed by atoms with van der Waals surface area (Å²) in [5.74, 6) is -0.204. The molecule has 0 saturated carbocycles. The normalized spacial score (nSPS) is 23.7. The lowest BCUT2D eigenvalue weighted by Gasteiger charge is -2.35.